The van der Waals surface area contributed by atoms with Crippen LogP contribution in [0.5, 0.6) is 5.75 Å². The summed E-state index contributed by atoms with van der Waals surface area (Å²) in [5, 5.41) is 2.84. The number of amides is 1. The lowest BCUT2D eigenvalue weighted by atomic mass is 9.87. The molecule has 0 aliphatic rings. The van der Waals surface area contributed by atoms with Gasteiger partial charge >= 0.3 is 0 Å². The van der Waals surface area contributed by atoms with Gasteiger partial charge in [-0.2, -0.15) is 0 Å². The Kier molecular flexibility index (Phi) is 4.73. The summed E-state index contributed by atoms with van der Waals surface area (Å²) in [7, 11) is 1.62. The van der Waals surface area contributed by atoms with E-state index in [-0.39, 0.29) is 11.3 Å². The molecule has 3 N–H and O–H groups in total. The van der Waals surface area contributed by atoms with Crippen molar-refractivity contribution < 1.29 is 9.53 Å². The van der Waals surface area contributed by atoms with Crippen molar-refractivity contribution in [3.8, 4) is 5.75 Å². The van der Waals surface area contributed by atoms with E-state index < -0.39 is 6.04 Å². The van der Waals surface area contributed by atoms with Crippen molar-refractivity contribution in [1.82, 2.24) is 5.32 Å². The normalized spacial score (nSPS) is 12.9. The zero-order valence-electron chi connectivity index (χ0n) is 11.5. The summed E-state index contributed by atoms with van der Waals surface area (Å²) in [5.74, 6) is 0.676. The lowest BCUT2D eigenvalue weighted by Crippen LogP contribution is -2.48. The van der Waals surface area contributed by atoms with Crippen LogP contribution in [0.1, 0.15) is 26.3 Å². The third-order valence-electron chi connectivity index (χ3n) is 2.84. The quantitative estimate of drug-likeness (QED) is 0.854. The van der Waals surface area contributed by atoms with Gasteiger partial charge in [-0.25, -0.2) is 0 Å². The first kappa shape index (κ1) is 14.5. The molecule has 0 aliphatic heterocycles. The molecule has 0 saturated heterocycles. The number of nitrogens with one attached hydrogen (secondary N) is 1. The first-order valence-electron chi connectivity index (χ1n) is 6.01. The van der Waals surface area contributed by atoms with E-state index >= 15 is 0 Å². The van der Waals surface area contributed by atoms with Gasteiger partial charge in [-0.05, 0) is 23.1 Å². The fraction of sp³-hybridized carbons (Fsp3) is 0.500. The SMILES string of the molecule is COc1ccc(CNC(=O)[C@@H](N)C(C)(C)C)cc1. The Labute approximate surface area is 109 Å². The molecule has 1 rings (SSSR count). The van der Waals surface area contributed by atoms with Crippen LogP contribution in [-0.2, 0) is 11.3 Å². The number of benzene rings is 1. The first-order valence-corrected chi connectivity index (χ1v) is 6.01. The van der Waals surface area contributed by atoms with Crippen molar-refractivity contribution in [2.45, 2.75) is 33.4 Å². The standard InChI is InChI=1S/C14H22N2O2/c1-14(2,3)12(15)13(17)16-9-10-5-7-11(18-4)8-6-10/h5-8,12H,9,15H2,1-4H3,(H,16,17)/t12-/m1/s1. The van der Waals surface area contributed by atoms with E-state index in [1.807, 2.05) is 45.0 Å². The molecule has 100 valence electrons. The molecule has 18 heavy (non-hydrogen) atoms. The molecule has 0 radical (unpaired) electrons. The van der Waals surface area contributed by atoms with Gasteiger partial charge in [-0.1, -0.05) is 32.9 Å². The largest absolute Gasteiger partial charge is 0.497 e. The number of nitrogens with two attached hydrogens (primary N) is 1. The smallest absolute Gasteiger partial charge is 0.237 e. The van der Waals surface area contributed by atoms with Gasteiger partial charge in [0, 0.05) is 6.54 Å². The molecule has 1 amide bonds. The van der Waals surface area contributed by atoms with Crippen LogP contribution in [0.15, 0.2) is 24.3 Å². The van der Waals surface area contributed by atoms with Gasteiger partial charge in [-0.15, -0.1) is 0 Å². The molecular weight excluding hydrogens is 228 g/mol. The Hall–Kier alpha value is -1.55. The Balaban J connectivity index is 2.52. The molecule has 0 aromatic heterocycles. The molecule has 0 unspecified atom stereocenters. The van der Waals surface area contributed by atoms with Crippen molar-refractivity contribution >= 4 is 5.91 Å². The van der Waals surface area contributed by atoms with Crippen molar-refractivity contribution in [3.63, 3.8) is 0 Å². The summed E-state index contributed by atoms with van der Waals surface area (Å²) in [6, 6.07) is 7.07. The predicted octanol–water partition coefficient (Wildman–Crippen LogP) is 1.68. The van der Waals surface area contributed by atoms with Crippen LogP contribution < -0.4 is 15.8 Å². The summed E-state index contributed by atoms with van der Waals surface area (Å²) >= 11 is 0. The Morgan fingerprint density at radius 3 is 2.33 bits per heavy atom. The number of hydrogen-bond donors (Lipinski definition) is 2. The number of carbonyl (C=O) groups is 1. The van der Waals surface area contributed by atoms with Crippen molar-refractivity contribution in [2.24, 2.45) is 11.1 Å². The highest BCUT2D eigenvalue weighted by atomic mass is 16.5. The minimum Gasteiger partial charge on any atom is -0.497 e. The lowest BCUT2D eigenvalue weighted by Gasteiger charge is -2.25. The van der Waals surface area contributed by atoms with Gasteiger partial charge in [0.2, 0.25) is 5.91 Å². The fourth-order valence-electron chi connectivity index (χ4n) is 1.44. The molecule has 0 fully saturated rings. The maximum Gasteiger partial charge on any atom is 0.237 e. The molecule has 4 heteroatoms. The Morgan fingerprint density at radius 2 is 1.89 bits per heavy atom. The highest BCUT2D eigenvalue weighted by Crippen LogP contribution is 2.17. The highest BCUT2D eigenvalue weighted by molar-refractivity contribution is 5.82. The molecule has 0 bridgehead atoms. The molecule has 0 heterocycles. The third-order valence-corrected chi connectivity index (χ3v) is 2.84. The zero-order valence-corrected chi connectivity index (χ0v) is 11.5. The van der Waals surface area contributed by atoms with E-state index in [4.69, 9.17) is 10.5 Å². The summed E-state index contributed by atoms with van der Waals surface area (Å²) in [5.41, 5.74) is 6.66. The van der Waals surface area contributed by atoms with Gasteiger partial charge in [0.1, 0.15) is 5.75 Å². The Bertz CT molecular complexity index is 393. The molecular formula is C14H22N2O2. The van der Waals surface area contributed by atoms with Crippen molar-refractivity contribution in [2.75, 3.05) is 7.11 Å². The number of methoxy groups -OCH3 is 1. The van der Waals surface area contributed by atoms with E-state index in [1.165, 1.54) is 0 Å². The van der Waals surface area contributed by atoms with Crippen LogP contribution in [0.4, 0.5) is 0 Å². The van der Waals surface area contributed by atoms with E-state index in [1.54, 1.807) is 7.11 Å². The van der Waals surface area contributed by atoms with Gasteiger partial charge in [-0.3, -0.25) is 4.79 Å². The van der Waals surface area contributed by atoms with Crippen LogP contribution in [0, 0.1) is 5.41 Å². The second kappa shape index (κ2) is 5.87. The number of carbonyl (C=O) groups excluding carboxylic acids is 1. The van der Waals surface area contributed by atoms with Crippen LogP contribution in [0.3, 0.4) is 0 Å². The Morgan fingerprint density at radius 1 is 1.33 bits per heavy atom. The van der Waals surface area contributed by atoms with E-state index in [0.717, 1.165) is 11.3 Å². The van der Waals surface area contributed by atoms with Gasteiger partial charge in [0.05, 0.1) is 13.2 Å². The molecule has 0 spiro atoms. The van der Waals surface area contributed by atoms with E-state index in [9.17, 15) is 4.79 Å². The fourth-order valence-corrected chi connectivity index (χ4v) is 1.44. The second-order valence-electron chi connectivity index (χ2n) is 5.41. The zero-order chi connectivity index (χ0) is 13.8. The average molecular weight is 250 g/mol. The molecule has 4 nitrogen and oxygen atoms in total. The minimum absolute atomic E-state index is 0.127. The lowest BCUT2D eigenvalue weighted by molar-refractivity contribution is -0.124. The van der Waals surface area contributed by atoms with Crippen LogP contribution in [-0.4, -0.2) is 19.1 Å². The van der Waals surface area contributed by atoms with Crippen LogP contribution in [0.25, 0.3) is 0 Å². The topological polar surface area (TPSA) is 64.3 Å². The van der Waals surface area contributed by atoms with Crippen molar-refractivity contribution in [3.05, 3.63) is 29.8 Å². The summed E-state index contributed by atoms with van der Waals surface area (Å²) in [4.78, 5) is 11.8. The van der Waals surface area contributed by atoms with Crippen LogP contribution in [0.2, 0.25) is 0 Å². The van der Waals surface area contributed by atoms with Crippen molar-refractivity contribution in [1.29, 1.82) is 0 Å². The third kappa shape index (κ3) is 4.04. The van der Waals surface area contributed by atoms with E-state index in [0.29, 0.717) is 6.54 Å². The maximum atomic E-state index is 11.8. The van der Waals surface area contributed by atoms with E-state index in [2.05, 4.69) is 5.32 Å². The second-order valence-corrected chi connectivity index (χ2v) is 5.41. The van der Waals surface area contributed by atoms with Gasteiger partial charge < -0.3 is 15.8 Å². The molecule has 0 aliphatic carbocycles. The minimum atomic E-state index is -0.504. The summed E-state index contributed by atoms with van der Waals surface area (Å²) in [6.07, 6.45) is 0. The van der Waals surface area contributed by atoms with Crippen LogP contribution >= 0.6 is 0 Å². The number of hydrogen-bond acceptors (Lipinski definition) is 3. The number of ether oxygens (including phenoxy) is 1. The number of rotatable bonds is 4. The van der Waals surface area contributed by atoms with Gasteiger partial charge in [0.15, 0.2) is 0 Å². The molecule has 0 saturated carbocycles. The predicted molar refractivity (Wildman–Crippen MR) is 72.3 cm³/mol. The molecule has 1 aromatic carbocycles. The summed E-state index contributed by atoms with van der Waals surface area (Å²) < 4.78 is 5.07. The monoisotopic (exact) mass is 250 g/mol. The summed E-state index contributed by atoms with van der Waals surface area (Å²) in [6.45, 7) is 6.33. The highest BCUT2D eigenvalue weighted by Gasteiger charge is 2.26. The molecule has 1 aromatic rings. The van der Waals surface area contributed by atoms with Gasteiger partial charge in [0.25, 0.3) is 0 Å². The maximum absolute atomic E-state index is 11.8. The molecule has 1 atom stereocenters. The first-order chi connectivity index (χ1) is 8.34. The average Bonchev–Trinajstić information content (AvgIpc) is 2.34.